The van der Waals surface area contributed by atoms with Gasteiger partial charge in [0.1, 0.15) is 6.04 Å². The third-order valence-corrected chi connectivity index (χ3v) is 3.27. The van der Waals surface area contributed by atoms with Crippen molar-refractivity contribution in [2.24, 2.45) is 7.05 Å². The molecule has 1 aromatic heterocycles. The van der Waals surface area contributed by atoms with Gasteiger partial charge in [0.2, 0.25) is 5.91 Å². The molecular formula is C16H21ClN4O3. The lowest BCUT2D eigenvalue weighted by Gasteiger charge is -2.14. The molecule has 0 bridgehead atoms. The van der Waals surface area contributed by atoms with E-state index in [9.17, 15) is 9.59 Å². The summed E-state index contributed by atoms with van der Waals surface area (Å²) in [5.41, 5.74) is 1.82. The van der Waals surface area contributed by atoms with E-state index in [1.54, 1.807) is 62.4 Å². The molecule has 1 heterocycles. The first-order chi connectivity index (χ1) is 11.0. The minimum Gasteiger partial charge on any atom is -0.462 e. The van der Waals surface area contributed by atoms with E-state index in [1.165, 1.54) is 0 Å². The third kappa shape index (κ3) is 4.81. The molecule has 1 unspecified atom stereocenters. The maximum absolute atomic E-state index is 12.4. The fourth-order valence-corrected chi connectivity index (χ4v) is 2.16. The number of halogens is 1. The van der Waals surface area contributed by atoms with Crippen LogP contribution >= 0.6 is 12.4 Å². The standard InChI is InChI=1S/C16H20N4O3.ClH/c1-4-23-16(22)11-5-7-13(8-6-11)19-15(21)14(17-2)12-9-18-20(3)10-12;/h5-10,14,17H,4H2,1-3H3,(H,19,21);1H. The van der Waals surface area contributed by atoms with Crippen molar-refractivity contribution in [3.8, 4) is 0 Å². The lowest BCUT2D eigenvalue weighted by molar-refractivity contribution is -0.118. The number of aromatic nitrogens is 2. The van der Waals surface area contributed by atoms with Gasteiger partial charge >= 0.3 is 5.97 Å². The van der Waals surface area contributed by atoms with Crippen LogP contribution in [0.25, 0.3) is 0 Å². The van der Waals surface area contributed by atoms with Crippen molar-refractivity contribution in [3.05, 3.63) is 47.8 Å². The molecule has 24 heavy (non-hydrogen) atoms. The number of rotatable bonds is 6. The van der Waals surface area contributed by atoms with E-state index in [0.29, 0.717) is 17.9 Å². The Kier molecular flexibility index (Phi) is 7.41. The van der Waals surface area contributed by atoms with Crippen LogP contribution in [0.2, 0.25) is 0 Å². The predicted molar refractivity (Wildman–Crippen MR) is 93.3 cm³/mol. The second-order valence-corrected chi connectivity index (χ2v) is 4.96. The van der Waals surface area contributed by atoms with Gasteiger partial charge in [0.25, 0.3) is 0 Å². The van der Waals surface area contributed by atoms with Crippen molar-refractivity contribution in [3.63, 3.8) is 0 Å². The van der Waals surface area contributed by atoms with Crippen LogP contribution in [0.5, 0.6) is 0 Å². The van der Waals surface area contributed by atoms with Crippen LogP contribution in [-0.2, 0) is 16.6 Å². The number of nitrogens with one attached hydrogen (secondary N) is 2. The van der Waals surface area contributed by atoms with E-state index in [2.05, 4.69) is 15.7 Å². The van der Waals surface area contributed by atoms with Crippen molar-refractivity contribution in [1.82, 2.24) is 15.1 Å². The fraction of sp³-hybridized carbons (Fsp3) is 0.312. The van der Waals surface area contributed by atoms with E-state index in [1.807, 2.05) is 0 Å². The molecule has 0 aliphatic heterocycles. The highest BCUT2D eigenvalue weighted by atomic mass is 35.5. The lowest BCUT2D eigenvalue weighted by atomic mass is 10.1. The molecule has 2 aromatic rings. The fourth-order valence-electron chi connectivity index (χ4n) is 2.16. The molecule has 2 rings (SSSR count). The van der Waals surface area contributed by atoms with Gasteiger partial charge in [-0.3, -0.25) is 9.48 Å². The lowest BCUT2D eigenvalue weighted by Crippen LogP contribution is -2.30. The molecule has 8 heteroatoms. The smallest absolute Gasteiger partial charge is 0.338 e. The number of hydrogen-bond donors (Lipinski definition) is 2. The van der Waals surface area contributed by atoms with Crippen LogP contribution in [0.4, 0.5) is 5.69 Å². The van der Waals surface area contributed by atoms with E-state index in [0.717, 1.165) is 5.56 Å². The Morgan fingerprint density at radius 3 is 2.46 bits per heavy atom. The maximum Gasteiger partial charge on any atom is 0.338 e. The van der Waals surface area contributed by atoms with Crippen molar-refractivity contribution >= 4 is 30.0 Å². The molecule has 0 radical (unpaired) electrons. The third-order valence-electron chi connectivity index (χ3n) is 3.27. The molecule has 1 aromatic carbocycles. The summed E-state index contributed by atoms with van der Waals surface area (Å²) in [6, 6.07) is 6.06. The Morgan fingerprint density at radius 1 is 1.29 bits per heavy atom. The minimum atomic E-state index is -0.506. The van der Waals surface area contributed by atoms with Gasteiger partial charge in [-0.15, -0.1) is 12.4 Å². The highest BCUT2D eigenvalue weighted by Gasteiger charge is 2.20. The van der Waals surface area contributed by atoms with Crippen LogP contribution in [0.15, 0.2) is 36.7 Å². The Balaban J connectivity index is 0.00000288. The van der Waals surface area contributed by atoms with Crippen molar-refractivity contribution in [1.29, 1.82) is 0 Å². The second-order valence-electron chi connectivity index (χ2n) is 4.96. The van der Waals surface area contributed by atoms with Crippen LogP contribution in [-0.4, -0.2) is 35.3 Å². The first-order valence-corrected chi connectivity index (χ1v) is 7.29. The molecule has 0 saturated carbocycles. The summed E-state index contributed by atoms with van der Waals surface area (Å²) in [6.07, 6.45) is 3.43. The summed E-state index contributed by atoms with van der Waals surface area (Å²) in [4.78, 5) is 24.0. The van der Waals surface area contributed by atoms with Gasteiger partial charge in [0.15, 0.2) is 0 Å². The molecule has 1 atom stereocenters. The summed E-state index contributed by atoms with van der Waals surface area (Å²) in [7, 11) is 3.50. The number of esters is 1. The van der Waals surface area contributed by atoms with Crippen molar-refractivity contribution in [2.45, 2.75) is 13.0 Å². The topological polar surface area (TPSA) is 85.2 Å². The maximum atomic E-state index is 12.4. The van der Waals surface area contributed by atoms with Crippen molar-refractivity contribution < 1.29 is 14.3 Å². The van der Waals surface area contributed by atoms with E-state index in [-0.39, 0.29) is 24.3 Å². The highest BCUT2D eigenvalue weighted by Crippen LogP contribution is 2.16. The number of carbonyl (C=O) groups is 2. The van der Waals surface area contributed by atoms with Gasteiger partial charge in [-0.25, -0.2) is 4.79 Å². The summed E-state index contributed by atoms with van der Waals surface area (Å²) < 4.78 is 6.56. The van der Waals surface area contributed by atoms with Crippen LogP contribution in [0.3, 0.4) is 0 Å². The monoisotopic (exact) mass is 352 g/mol. The minimum absolute atomic E-state index is 0. The van der Waals surface area contributed by atoms with Crippen LogP contribution in [0, 0.1) is 0 Å². The molecule has 2 N–H and O–H groups in total. The average Bonchev–Trinajstić information content (AvgIpc) is 2.95. The molecule has 0 saturated heterocycles. The highest BCUT2D eigenvalue weighted by molar-refractivity contribution is 5.96. The number of anilines is 1. The summed E-state index contributed by atoms with van der Waals surface area (Å²) in [6.45, 7) is 2.08. The van der Waals surface area contributed by atoms with Crippen molar-refractivity contribution in [2.75, 3.05) is 19.0 Å². The number of nitrogens with zero attached hydrogens (tertiary/aromatic N) is 2. The van der Waals surface area contributed by atoms with E-state index in [4.69, 9.17) is 4.74 Å². The van der Waals surface area contributed by atoms with Crippen LogP contribution < -0.4 is 10.6 Å². The number of aryl methyl sites for hydroxylation is 1. The van der Waals surface area contributed by atoms with Gasteiger partial charge in [-0.05, 0) is 38.2 Å². The SMILES string of the molecule is CCOC(=O)c1ccc(NC(=O)C(NC)c2cnn(C)c2)cc1.Cl. The first kappa shape index (κ1) is 19.7. The van der Waals surface area contributed by atoms with Gasteiger partial charge in [-0.2, -0.15) is 5.10 Å². The number of benzene rings is 1. The van der Waals surface area contributed by atoms with E-state index >= 15 is 0 Å². The predicted octanol–water partition coefficient (Wildman–Crippen LogP) is 1.92. The average molecular weight is 353 g/mol. The summed E-state index contributed by atoms with van der Waals surface area (Å²) >= 11 is 0. The number of amides is 1. The normalized spacial score (nSPS) is 11.3. The molecule has 0 spiro atoms. The Hall–Kier alpha value is -2.38. The molecule has 0 aliphatic carbocycles. The largest absolute Gasteiger partial charge is 0.462 e. The number of likely N-dealkylation sites (N-methyl/N-ethyl adjacent to an activating group) is 1. The Bertz CT molecular complexity index is 685. The van der Waals surface area contributed by atoms with Crippen LogP contribution in [0.1, 0.15) is 28.9 Å². The zero-order valence-electron chi connectivity index (χ0n) is 13.8. The summed E-state index contributed by atoms with van der Waals surface area (Å²) in [5.74, 6) is -0.585. The first-order valence-electron chi connectivity index (χ1n) is 7.29. The Labute approximate surface area is 146 Å². The quantitative estimate of drug-likeness (QED) is 0.776. The zero-order chi connectivity index (χ0) is 16.8. The molecule has 1 amide bonds. The van der Waals surface area contributed by atoms with Gasteiger partial charge in [0, 0.05) is 24.5 Å². The molecular weight excluding hydrogens is 332 g/mol. The second kappa shape index (κ2) is 9.05. The van der Waals surface area contributed by atoms with Gasteiger partial charge in [0.05, 0.1) is 18.4 Å². The van der Waals surface area contributed by atoms with Gasteiger partial charge in [-0.1, -0.05) is 0 Å². The number of carbonyl (C=O) groups excluding carboxylic acids is 2. The number of hydrogen-bond acceptors (Lipinski definition) is 5. The molecule has 0 fully saturated rings. The Morgan fingerprint density at radius 2 is 1.96 bits per heavy atom. The van der Waals surface area contributed by atoms with Gasteiger partial charge < -0.3 is 15.4 Å². The molecule has 0 aliphatic rings. The number of ether oxygens (including phenoxy) is 1. The summed E-state index contributed by atoms with van der Waals surface area (Å²) in [5, 5.41) is 9.84. The molecule has 7 nitrogen and oxygen atoms in total. The molecule has 130 valence electrons. The van der Waals surface area contributed by atoms with E-state index < -0.39 is 6.04 Å². The zero-order valence-corrected chi connectivity index (χ0v) is 14.6.